The highest BCUT2D eigenvalue weighted by Crippen LogP contribution is 2.29. The Hall–Kier alpha value is -2.08. The van der Waals surface area contributed by atoms with E-state index in [2.05, 4.69) is 0 Å². The lowest BCUT2D eigenvalue weighted by Gasteiger charge is -2.34. The van der Waals surface area contributed by atoms with Crippen LogP contribution in [0.25, 0.3) is 0 Å². The lowest BCUT2D eigenvalue weighted by atomic mass is 9.98. The molecule has 0 radical (unpaired) electrons. The van der Waals surface area contributed by atoms with Gasteiger partial charge in [-0.1, -0.05) is 11.6 Å². The highest BCUT2D eigenvalue weighted by molar-refractivity contribution is 6.30. The van der Waals surface area contributed by atoms with Crippen LogP contribution in [-0.4, -0.2) is 46.9 Å². The second kappa shape index (κ2) is 6.81. The molecule has 3 rings (SSSR count). The second-order valence-electron chi connectivity index (χ2n) is 6.26. The van der Waals surface area contributed by atoms with Crippen LogP contribution in [0.3, 0.4) is 0 Å². The number of rotatable bonds is 3. The van der Waals surface area contributed by atoms with Crippen molar-refractivity contribution in [1.82, 2.24) is 4.90 Å². The quantitative estimate of drug-likeness (QED) is 0.906. The molecule has 128 valence electrons. The number of halogens is 1. The van der Waals surface area contributed by atoms with Crippen molar-refractivity contribution in [2.75, 3.05) is 18.0 Å². The molecule has 1 aromatic carbocycles. The number of carboxylic acids is 1. The summed E-state index contributed by atoms with van der Waals surface area (Å²) in [6, 6.07) is 6.11. The van der Waals surface area contributed by atoms with Gasteiger partial charge in [-0.05, 0) is 43.5 Å². The summed E-state index contributed by atoms with van der Waals surface area (Å²) >= 11 is 5.86. The maximum atomic E-state index is 12.8. The van der Waals surface area contributed by atoms with Crippen LogP contribution in [0.2, 0.25) is 5.02 Å². The topological polar surface area (TPSA) is 77.9 Å². The Labute approximate surface area is 145 Å². The Morgan fingerprint density at radius 1 is 1.17 bits per heavy atom. The molecule has 0 bridgehead atoms. The number of carbonyl (C=O) groups is 3. The van der Waals surface area contributed by atoms with E-state index in [1.807, 2.05) is 0 Å². The van der Waals surface area contributed by atoms with Crippen LogP contribution < -0.4 is 4.90 Å². The Morgan fingerprint density at radius 2 is 1.88 bits per heavy atom. The third kappa shape index (κ3) is 3.24. The van der Waals surface area contributed by atoms with Crippen LogP contribution in [-0.2, 0) is 14.4 Å². The molecule has 2 atom stereocenters. The summed E-state index contributed by atoms with van der Waals surface area (Å²) < 4.78 is 0. The maximum Gasteiger partial charge on any atom is 0.326 e. The van der Waals surface area contributed by atoms with E-state index in [9.17, 15) is 19.5 Å². The molecule has 2 aliphatic rings. The number of likely N-dealkylation sites (tertiary alicyclic amines) is 1. The molecule has 0 saturated carbocycles. The van der Waals surface area contributed by atoms with Crippen LogP contribution in [0.5, 0.6) is 0 Å². The van der Waals surface area contributed by atoms with Gasteiger partial charge in [-0.25, -0.2) is 4.79 Å². The van der Waals surface area contributed by atoms with Gasteiger partial charge in [-0.15, -0.1) is 0 Å². The smallest absolute Gasteiger partial charge is 0.326 e. The lowest BCUT2D eigenvalue weighted by molar-refractivity contribution is -0.153. The molecule has 24 heavy (non-hydrogen) atoms. The third-order valence-electron chi connectivity index (χ3n) is 4.68. The molecule has 0 spiro atoms. The second-order valence-corrected chi connectivity index (χ2v) is 6.70. The van der Waals surface area contributed by atoms with Gasteiger partial charge < -0.3 is 14.9 Å². The van der Waals surface area contributed by atoms with Crippen LogP contribution in [0.1, 0.15) is 25.7 Å². The first-order valence-electron chi connectivity index (χ1n) is 8.06. The van der Waals surface area contributed by atoms with Crippen LogP contribution in [0.15, 0.2) is 24.3 Å². The largest absolute Gasteiger partial charge is 0.480 e. The fourth-order valence-corrected chi connectivity index (χ4v) is 3.56. The van der Waals surface area contributed by atoms with Crippen molar-refractivity contribution in [2.24, 2.45) is 5.92 Å². The van der Waals surface area contributed by atoms with E-state index in [-0.39, 0.29) is 24.8 Å². The molecule has 7 heteroatoms. The number of benzene rings is 1. The lowest BCUT2D eigenvalue weighted by Crippen LogP contribution is -2.50. The zero-order valence-corrected chi connectivity index (χ0v) is 13.9. The summed E-state index contributed by atoms with van der Waals surface area (Å²) in [5.41, 5.74) is 0.702. The van der Waals surface area contributed by atoms with Crippen molar-refractivity contribution in [3.8, 4) is 0 Å². The number of hydrogen-bond donors (Lipinski definition) is 1. The third-order valence-corrected chi connectivity index (χ3v) is 4.94. The van der Waals surface area contributed by atoms with E-state index in [0.717, 1.165) is 12.8 Å². The molecule has 2 saturated heterocycles. The molecule has 2 fully saturated rings. The van der Waals surface area contributed by atoms with E-state index in [0.29, 0.717) is 23.7 Å². The minimum atomic E-state index is -0.970. The first kappa shape index (κ1) is 16.8. The molecule has 1 unspecified atom stereocenters. The molecule has 0 aliphatic carbocycles. The summed E-state index contributed by atoms with van der Waals surface area (Å²) in [4.78, 5) is 39.4. The van der Waals surface area contributed by atoms with E-state index < -0.39 is 17.9 Å². The number of piperidine rings is 1. The first-order chi connectivity index (χ1) is 11.5. The molecule has 1 aromatic rings. The van der Waals surface area contributed by atoms with Gasteiger partial charge in [0.15, 0.2) is 0 Å². The normalized spacial score (nSPS) is 24.3. The first-order valence-corrected chi connectivity index (χ1v) is 8.44. The molecular formula is C17H19ClN2O4. The summed E-state index contributed by atoms with van der Waals surface area (Å²) in [6.07, 6.45) is 2.20. The SMILES string of the molecule is O=C(O)[C@H]1CCCCN1C(=O)C1CC(=O)N(c2ccc(Cl)cc2)C1. The van der Waals surface area contributed by atoms with Crippen molar-refractivity contribution in [2.45, 2.75) is 31.7 Å². The predicted molar refractivity (Wildman–Crippen MR) is 88.9 cm³/mol. The molecule has 1 N–H and O–H groups in total. The molecular weight excluding hydrogens is 332 g/mol. The monoisotopic (exact) mass is 350 g/mol. The predicted octanol–water partition coefficient (Wildman–Crippen LogP) is 2.16. The van der Waals surface area contributed by atoms with Gasteiger partial charge in [-0.3, -0.25) is 9.59 Å². The van der Waals surface area contributed by atoms with Gasteiger partial charge in [0.1, 0.15) is 6.04 Å². The van der Waals surface area contributed by atoms with Crippen molar-refractivity contribution >= 4 is 35.1 Å². The molecule has 0 aromatic heterocycles. The molecule has 6 nitrogen and oxygen atoms in total. The number of amides is 2. The molecule has 2 aliphatic heterocycles. The highest BCUT2D eigenvalue weighted by atomic mass is 35.5. The number of carboxylic acid groups (broad SMARTS) is 1. The number of aliphatic carboxylic acids is 1. The van der Waals surface area contributed by atoms with E-state index in [1.165, 1.54) is 4.90 Å². The van der Waals surface area contributed by atoms with Crippen molar-refractivity contribution in [1.29, 1.82) is 0 Å². The van der Waals surface area contributed by atoms with Crippen molar-refractivity contribution in [3.63, 3.8) is 0 Å². The summed E-state index contributed by atoms with van der Waals surface area (Å²) in [6.45, 7) is 0.726. The number of hydrogen-bond acceptors (Lipinski definition) is 3. The number of anilines is 1. The maximum absolute atomic E-state index is 12.8. The Morgan fingerprint density at radius 3 is 2.54 bits per heavy atom. The Balaban J connectivity index is 1.73. The van der Waals surface area contributed by atoms with Crippen molar-refractivity contribution < 1.29 is 19.5 Å². The van der Waals surface area contributed by atoms with Gasteiger partial charge in [-0.2, -0.15) is 0 Å². The van der Waals surface area contributed by atoms with Crippen LogP contribution >= 0.6 is 11.6 Å². The number of carbonyl (C=O) groups excluding carboxylic acids is 2. The number of nitrogens with zero attached hydrogens (tertiary/aromatic N) is 2. The molecule has 2 heterocycles. The standard InChI is InChI=1S/C17H19ClN2O4/c18-12-4-6-13(7-5-12)20-10-11(9-15(20)21)16(22)19-8-2-1-3-14(19)17(23)24/h4-7,11,14H,1-3,8-10H2,(H,23,24)/t11?,14-/m1/s1. The van der Waals surface area contributed by atoms with Crippen LogP contribution in [0.4, 0.5) is 5.69 Å². The van der Waals surface area contributed by atoms with E-state index >= 15 is 0 Å². The van der Waals surface area contributed by atoms with Crippen LogP contribution in [0, 0.1) is 5.92 Å². The zero-order chi connectivity index (χ0) is 17.3. The highest BCUT2D eigenvalue weighted by Gasteiger charge is 2.41. The fraction of sp³-hybridized carbons (Fsp3) is 0.471. The average Bonchev–Trinajstić information content (AvgIpc) is 2.96. The zero-order valence-electron chi connectivity index (χ0n) is 13.2. The van der Waals surface area contributed by atoms with Gasteiger partial charge in [0.2, 0.25) is 11.8 Å². The summed E-state index contributed by atoms with van der Waals surface area (Å²) in [7, 11) is 0. The Bertz CT molecular complexity index is 661. The fourth-order valence-electron chi connectivity index (χ4n) is 3.43. The average molecular weight is 351 g/mol. The minimum absolute atomic E-state index is 0.115. The van der Waals surface area contributed by atoms with Gasteiger partial charge >= 0.3 is 5.97 Å². The minimum Gasteiger partial charge on any atom is -0.480 e. The van der Waals surface area contributed by atoms with Gasteiger partial charge in [0.25, 0.3) is 0 Å². The summed E-state index contributed by atoms with van der Waals surface area (Å²) in [5.74, 6) is -1.82. The summed E-state index contributed by atoms with van der Waals surface area (Å²) in [5, 5.41) is 9.90. The van der Waals surface area contributed by atoms with Gasteiger partial charge in [0, 0.05) is 30.2 Å². The molecule has 2 amide bonds. The van der Waals surface area contributed by atoms with Crippen molar-refractivity contribution in [3.05, 3.63) is 29.3 Å². The van der Waals surface area contributed by atoms with Gasteiger partial charge in [0.05, 0.1) is 5.92 Å². The van der Waals surface area contributed by atoms with E-state index in [1.54, 1.807) is 29.2 Å². The Kier molecular flexibility index (Phi) is 4.76. The van der Waals surface area contributed by atoms with E-state index in [4.69, 9.17) is 11.6 Å².